The summed E-state index contributed by atoms with van der Waals surface area (Å²) < 4.78 is 0. The number of aryl methyl sites for hydroxylation is 1. The highest BCUT2D eigenvalue weighted by atomic mass is 15.2. The van der Waals surface area contributed by atoms with Gasteiger partial charge in [0.2, 0.25) is 5.95 Å². The fraction of sp³-hybridized carbons (Fsp3) is 0.375. The average Bonchev–Trinajstić information content (AvgIpc) is 3.16. The van der Waals surface area contributed by atoms with Gasteiger partial charge < -0.3 is 16.5 Å². The molecule has 3 aromatic heterocycles. The number of imidazole rings is 1. The van der Waals surface area contributed by atoms with Gasteiger partial charge in [-0.3, -0.25) is 9.88 Å². The number of rotatable bonds is 3. The van der Waals surface area contributed by atoms with E-state index in [1.54, 1.807) is 0 Å². The molecule has 124 valence electrons. The van der Waals surface area contributed by atoms with Crippen LogP contribution in [0, 0.1) is 6.92 Å². The predicted octanol–water partition coefficient (Wildman–Crippen LogP) is 1.21. The van der Waals surface area contributed by atoms with Crippen molar-refractivity contribution in [3.63, 3.8) is 0 Å². The van der Waals surface area contributed by atoms with E-state index in [0.717, 1.165) is 37.6 Å². The Hall–Kier alpha value is -2.74. The number of hydrogen-bond acceptors (Lipinski definition) is 7. The number of nitrogens with two attached hydrogens (primary N) is 2. The van der Waals surface area contributed by atoms with Crippen molar-refractivity contribution in [1.82, 2.24) is 29.8 Å². The predicted molar refractivity (Wildman–Crippen MR) is 92.1 cm³/mol. The van der Waals surface area contributed by atoms with E-state index in [4.69, 9.17) is 11.5 Å². The molecule has 1 aliphatic rings. The van der Waals surface area contributed by atoms with Gasteiger partial charge in [0.1, 0.15) is 11.3 Å². The Morgan fingerprint density at radius 1 is 1.29 bits per heavy atom. The van der Waals surface area contributed by atoms with E-state index in [9.17, 15) is 0 Å². The lowest BCUT2D eigenvalue weighted by Crippen LogP contribution is -2.20. The molecule has 0 saturated carbocycles. The number of nitrogens with zero attached hydrogens (tertiary/aromatic N) is 5. The molecule has 8 nitrogen and oxygen atoms in total. The van der Waals surface area contributed by atoms with E-state index in [1.165, 1.54) is 5.56 Å². The van der Waals surface area contributed by atoms with Gasteiger partial charge >= 0.3 is 0 Å². The van der Waals surface area contributed by atoms with Gasteiger partial charge in [0.25, 0.3) is 0 Å². The molecule has 24 heavy (non-hydrogen) atoms. The number of hydrogen-bond donors (Lipinski definition) is 3. The SMILES string of the molecule is Cc1ncccc1CN1CCC(c2nc3nc(N)nc(N)c3[nH]2)C1. The topological polar surface area (TPSA) is 123 Å². The van der Waals surface area contributed by atoms with Crippen LogP contribution in [-0.4, -0.2) is 42.9 Å². The van der Waals surface area contributed by atoms with Crippen molar-refractivity contribution in [2.75, 3.05) is 24.6 Å². The Morgan fingerprint density at radius 3 is 3.00 bits per heavy atom. The number of fused-ring (bicyclic) bond motifs is 1. The van der Waals surface area contributed by atoms with Crippen molar-refractivity contribution >= 4 is 22.9 Å². The smallest absolute Gasteiger partial charge is 0.224 e. The summed E-state index contributed by atoms with van der Waals surface area (Å²) in [6, 6.07) is 4.12. The van der Waals surface area contributed by atoms with Gasteiger partial charge in [-0.05, 0) is 31.5 Å². The first-order valence-electron chi connectivity index (χ1n) is 8.01. The number of aromatic amines is 1. The van der Waals surface area contributed by atoms with Crippen LogP contribution in [0.5, 0.6) is 0 Å². The van der Waals surface area contributed by atoms with Crippen LogP contribution >= 0.6 is 0 Å². The highest BCUT2D eigenvalue weighted by Gasteiger charge is 2.27. The summed E-state index contributed by atoms with van der Waals surface area (Å²) in [6.45, 7) is 4.93. The van der Waals surface area contributed by atoms with Crippen molar-refractivity contribution < 1.29 is 0 Å². The molecule has 1 fully saturated rings. The summed E-state index contributed by atoms with van der Waals surface area (Å²) in [6.07, 6.45) is 2.87. The summed E-state index contributed by atoms with van der Waals surface area (Å²) in [5.41, 5.74) is 15.1. The molecule has 8 heteroatoms. The maximum atomic E-state index is 5.90. The summed E-state index contributed by atoms with van der Waals surface area (Å²) in [5.74, 6) is 1.73. The van der Waals surface area contributed by atoms with E-state index in [1.807, 2.05) is 19.2 Å². The lowest BCUT2D eigenvalue weighted by Gasteiger charge is -2.16. The van der Waals surface area contributed by atoms with Crippen LogP contribution < -0.4 is 11.5 Å². The van der Waals surface area contributed by atoms with Gasteiger partial charge in [0, 0.05) is 30.9 Å². The van der Waals surface area contributed by atoms with Crippen molar-refractivity contribution in [1.29, 1.82) is 0 Å². The zero-order valence-corrected chi connectivity index (χ0v) is 13.5. The van der Waals surface area contributed by atoms with E-state index < -0.39 is 0 Å². The van der Waals surface area contributed by atoms with Crippen LogP contribution in [0.4, 0.5) is 11.8 Å². The molecule has 3 aromatic rings. The number of pyridine rings is 1. The number of H-pyrrole nitrogens is 1. The standard InChI is InChI=1S/C16H20N8/c1-9-10(3-2-5-19-9)7-24-6-4-11(8-24)14-20-12-13(17)21-16(18)23-15(12)22-14/h2-3,5,11H,4,6-8H2,1H3,(H5,17,18,20,21,22,23). The zero-order chi connectivity index (χ0) is 16.7. The first kappa shape index (κ1) is 14.8. The fourth-order valence-corrected chi connectivity index (χ4v) is 3.27. The third-order valence-electron chi connectivity index (χ3n) is 4.58. The second-order valence-electron chi connectivity index (χ2n) is 6.26. The van der Waals surface area contributed by atoms with Crippen LogP contribution in [0.25, 0.3) is 11.2 Å². The van der Waals surface area contributed by atoms with E-state index in [2.05, 4.69) is 35.9 Å². The second kappa shape index (κ2) is 5.72. The third kappa shape index (κ3) is 2.65. The van der Waals surface area contributed by atoms with E-state index in [-0.39, 0.29) is 5.95 Å². The Balaban J connectivity index is 1.53. The molecule has 0 radical (unpaired) electrons. The molecular formula is C16H20N8. The molecule has 0 spiro atoms. The molecule has 0 amide bonds. The quantitative estimate of drug-likeness (QED) is 0.661. The number of nitrogens with one attached hydrogen (secondary N) is 1. The van der Waals surface area contributed by atoms with Gasteiger partial charge in [0.05, 0.1) is 0 Å². The molecule has 0 aromatic carbocycles. The maximum Gasteiger partial charge on any atom is 0.224 e. The minimum Gasteiger partial charge on any atom is -0.382 e. The number of aromatic nitrogens is 5. The summed E-state index contributed by atoms with van der Waals surface area (Å²) >= 11 is 0. The highest BCUT2D eigenvalue weighted by molar-refractivity contribution is 5.82. The molecule has 1 unspecified atom stereocenters. The maximum absolute atomic E-state index is 5.90. The molecule has 1 atom stereocenters. The number of anilines is 2. The first-order chi connectivity index (χ1) is 11.6. The van der Waals surface area contributed by atoms with E-state index in [0.29, 0.717) is 22.9 Å². The minimum absolute atomic E-state index is 0.151. The number of likely N-dealkylation sites (tertiary alicyclic amines) is 1. The molecule has 5 N–H and O–H groups in total. The summed E-state index contributed by atoms with van der Waals surface area (Å²) in [4.78, 5) is 22.8. The van der Waals surface area contributed by atoms with Crippen LogP contribution in [0.3, 0.4) is 0 Å². The Labute approximate surface area is 139 Å². The van der Waals surface area contributed by atoms with Crippen molar-refractivity contribution in [2.24, 2.45) is 0 Å². The lowest BCUT2D eigenvalue weighted by molar-refractivity contribution is 0.324. The fourth-order valence-electron chi connectivity index (χ4n) is 3.27. The monoisotopic (exact) mass is 324 g/mol. The molecule has 1 saturated heterocycles. The van der Waals surface area contributed by atoms with Crippen LogP contribution in [0.15, 0.2) is 18.3 Å². The first-order valence-corrected chi connectivity index (χ1v) is 8.01. The van der Waals surface area contributed by atoms with Crippen molar-refractivity contribution in [3.05, 3.63) is 35.4 Å². The zero-order valence-electron chi connectivity index (χ0n) is 13.5. The van der Waals surface area contributed by atoms with Crippen LogP contribution in [0.2, 0.25) is 0 Å². The Kier molecular flexibility index (Phi) is 3.53. The largest absolute Gasteiger partial charge is 0.382 e. The molecule has 0 aliphatic carbocycles. The van der Waals surface area contributed by atoms with Gasteiger partial charge in [-0.25, -0.2) is 4.98 Å². The van der Waals surface area contributed by atoms with Gasteiger partial charge in [-0.1, -0.05) is 6.07 Å². The molecule has 4 heterocycles. The number of nitrogen functional groups attached to an aromatic ring is 2. The van der Waals surface area contributed by atoms with Crippen molar-refractivity contribution in [2.45, 2.75) is 25.8 Å². The van der Waals surface area contributed by atoms with E-state index >= 15 is 0 Å². The summed E-state index contributed by atoms with van der Waals surface area (Å²) in [7, 11) is 0. The minimum atomic E-state index is 0.151. The lowest BCUT2D eigenvalue weighted by atomic mass is 10.1. The second-order valence-corrected chi connectivity index (χ2v) is 6.26. The van der Waals surface area contributed by atoms with Gasteiger partial charge in [-0.2, -0.15) is 9.97 Å². The Bertz CT molecular complexity index is 887. The van der Waals surface area contributed by atoms with Gasteiger partial charge in [0.15, 0.2) is 11.5 Å². The van der Waals surface area contributed by atoms with Crippen LogP contribution in [0.1, 0.15) is 29.4 Å². The highest BCUT2D eigenvalue weighted by Crippen LogP contribution is 2.28. The molecule has 1 aliphatic heterocycles. The van der Waals surface area contributed by atoms with Crippen molar-refractivity contribution in [3.8, 4) is 0 Å². The summed E-state index contributed by atoms with van der Waals surface area (Å²) in [5, 5.41) is 0. The molecule has 4 rings (SSSR count). The third-order valence-corrected chi connectivity index (χ3v) is 4.58. The van der Waals surface area contributed by atoms with Gasteiger partial charge in [-0.15, -0.1) is 0 Å². The molecular weight excluding hydrogens is 304 g/mol. The molecule has 0 bridgehead atoms. The normalized spacial score (nSPS) is 18.5. The average molecular weight is 324 g/mol. The Morgan fingerprint density at radius 2 is 2.17 bits per heavy atom. The van der Waals surface area contributed by atoms with Crippen LogP contribution in [-0.2, 0) is 6.54 Å².